The first kappa shape index (κ1) is 10.1. The smallest absolute Gasteiger partial charge is 0.281 e. The van der Waals surface area contributed by atoms with Crippen LogP contribution in [0, 0.1) is 0 Å². The molecule has 1 aromatic carbocycles. The molecule has 1 heterocycles. The van der Waals surface area contributed by atoms with Crippen LogP contribution in [-0.2, 0) is 16.6 Å². The number of para-hydroxylation sites is 1. The number of aromatic nitrogens is 2. The number of fused-ring (bicyclic) bond motifs is 1. The minimum absolute atomic E-state index is 0.110. The lowest BCUT2D eigenvalue weighted by Gasteiger charge is -1.94. The third kappa shape index (κ3) is 2.33. The first-order chi connectivity index (χ1) is 7.06. The minimum atomic E-state index is -4.42. The molecule has 0 saturated heterocycles. The van der Waals surface area contributed by atoms with Crippen LogP contribution in [-0.4, -0.2) is 24.4 Å². The molecule has 2 rings (SSSR count). The highest BCUT2D eigenvalue weighted by Crippen LogP contribution is 2.15. The highest BCUT2D eigenvalue weighted by atomic mass is 32.3. The Kier molecular flexibility index (Phi) is 2.44. The van der Waals surface area contributed by atoms with Gasteiger partial charge in [-0.15, -0.1) is 3.89 Å². The first-order valence-corrected chi connectivity index (χ1v) is 5.96. The Labute approximate surface area is 86.3 Å². The molecule has 0 bridgehead atoms. The molecular weight excluding hydrogens is 219 g/mol. The van der Waals surface area contributed by atoms with Crippen molar-refractivity contribution < 1.29 is 12.3 Å². The fraction of sp³-hybridized carbons (Fsp3) is 0.222. The van der Waals surface area contributed by atoms with Gasteiger partial charge in [-0.25, -0.2) is 0 Å². The summed E-state index contributed by atoms with van der Waals surface area (Å²) in [5, 5.41) is 7.52. The second kappa shape index (κ2) is 3.62. The lowest BCUT2D eigenvalue weighted by molar-refractivity contribution is 0.551. The number of H-pyrrole nitrogens is 1. The molecule has 80 valence electrons. The molecule has 0 fully saturated rings. The molecule has 2 aromatic rings. The number of rotatable bonds is 3. The summed E-state index contributed by atoms with van der Waals surface area (Å²) < 4.78 is 33.0. The molecule has 4 nitrogen and oxygen atoms in total. The van der Waals surface area contributed by atoms with Gasteiger partial charge in [0.2, 0.25) is 0 Å². The van der Waals surface area contributed by atoms with E-state index >= 15 is 0 Å². The van der Waals surface area contributed by atoms with Gasteiger partial charge in [0.05, 0.1) is 11.3 Å². The van der Waals surface area contributed by atoms with E-state index in [1.54, 1.807) is 6.07 Å². The van der Waals surface area contributed by atoms with E-state index in [-0.39, 0.29) is 6.42 Å². The fourth-order valence-electron chi connectivity index (χ4n) is 1.43. The second-order valence-corrected chi connectivity index (χ2v) is 4.70. The molecule has 0 aliphatic heterocycles. The zero-order chi connectivity index (χ0) is 10.9. The largest absolute Gasteiger partial charge is 0.302 e. The van der Waals surface area contributed by atoms with Crippen LogP contribution < -0.4 is 0 Å². The topological polar surface area (TPSA) is 62.8 Å². The quantitative estimate of drug-likeness (QED) is 0.808. The predicted molar refractivity (Wildman–Crippen MR) is 54.7 cm³/mol. The Morgan fingerprint density at radius 1 is 1.33 bits per heavy atom. The monoisotopic (exact) mass is 228 g/mol. The molecule has 0 radical (unpaired) electrons. The summed E-state index contributed by atoms with van der Waals surface area (Å²) in [5.74, 6) is -0.515. The number of hydrogen-bond donors (Lipinski definition) is 1. The number of nitrogens with one attached hydrogen (secondary N) is 1. The average Bonchev–Trinajstić information content (AvgIpc) is 2.57. The Morgan fingerprint density at radius 2 is 2.07 bits per heavy atom. The van der Waals surface area contributed by atoms with Crippen molar-refractivity contribution in [1.82, 2.24) is 10.2 Å². The maximum absolute atomic E-state index is 12.3. The van der Waals surface area contributed by atoms with Crippen LogP contribution in [0.5, 0.6) is 0 Å². The Balaban J connectivity index is 2.29. The molecule has 0 amide bonds. The zero-order valence-electron chi connectivity index (χ0n) is 7.77. The van der Waals surface area contributed by atoms with E-state index in [1.807, 2.05) is 18.2 Å². The highest BCUT2D eigenvalue weighted by molar-refractivity contribution is 7.86. The fourth-order valence-corrected chi connectivity index (χ4v) is 1.88. The van der Waals surface area contributed by atoms with E-state index in [0.717, 1.165) is 10.9 Å². The lowest BCUT2D eigenvalue weighted by atomic mass is 10.2. The van der Waals surface area contributed by atoms with Crippen molar-refractivity contribution in [3.8, 4) is 0 Å². The molecular formula is C9H9FN2O2S. The number of hydrogen-bond acceptors (Lipinski definition) is 3. The van der Waals surface area contributed by atoms with Crippen molar-refractivity contribution in [2.24, 2.45) is 0 Å². The maximum atomic E-state index is 12.3. The number of halogens is 1. The second-order valence-electron chi connectivity index (χ2n) is 3.21. The maximum Gasteiger partial charge on any atom is 0.302 e. The molecule has 0 unspecified atom stereocenters. The highest BCUT2D eigenvalue weighted by Gasteiger charge is 2.10. The molecule has 0 saturated carbocycles. The van der Waals surface area contributed by atoms with Crippen molar-refractivity contribution in [1.29, 1.82) is 0 Å². The van der Waals surface area contributed by atoms with Crippen molar-refractivity contribution >= 4 is 21.1 Å². The van der Waals surface area contributed by atoms with Gasteiger partial charge in [0.1, 0.15) is 0 Å². The summed E-state index contributed by atoms with van der Waals surface area (Å²) >= 11 is 0. The van der Waals surface area contributed by atoms with Crippen molar-refractivity contribution in [2.75, 3.05) is 5.75 Å². The lowest BCUT2D eigenvalue weighted by Crippen LogP contribution is -2.02. The number of aromatic amines is 1. The Bertz CT molecular complexity index is 577. The summed E-state index contributed by atoms with van der Waals surface area (Å²) in [6, 6.07) is 7.28. The van der Waals surface area contributed by atoms with Gasteiger partial charge in [-0.2, -0.15) is 13.5 Å². The van der Waals surface area contributed by atoms with Gasteiger partial charge < -0.3 is 0 Å². The number of aryl methyl sites for hydroxylation is 1. The van der Waals surface area contributed by atoms with Gasteiger partial charge in [0, 0.05) is 17.5 Å². The van der Waals surface area contributed by atoms with Crippen molar-refractivity contribution in [3.05, 3.63) is 30.0 Å². The van der Waals surface area contributed by atoms with Crippen LogP contribution in [0.15, 0.2) is 24.3 Å². The van der Waals surface area contributed by atoms with Crippen LogP contribution in [0.25, 0.3) is 10.9 Å². The molecule has 15 heavy (non-hydrogen) atoms. The van der Waals surface area contributed by atoms with Gasteiger partial charge in [0.25, 0.3) is 0 Å². The van der Waals surface area contributed by atoms with Crippen LogP contribution in [0.4, 0.5) is 3.89 Å². The predicted octanol–water partition coefficient (Wildman–Crippen LogP) is 1.40. The molecule has 0 spiro atoms. The van der Waals surface area contributed by atoms with E-state index in [9.17, 15) is 12.3 Å². The summed E-state index contributed by atoms with van der Waals surface area (Å²) in [7, 11) is -4.42. The first-order valence-electron chi connectivity index (χ1n) is 4.40. The third-order valence-electron chi connectivity index (χ3n) is 2.14. The van der Waals surface area contributed by atoms with E-state index in [1.165, 1.54) is 0 Å². The van der Waals surface area contributed by atoms with Crippen LogP contribution >= 0.6 is 0 Å². The molecule has 6 heteroatoms. The standard InChI is InChI=1S/C9H9FN2O2S/c10-15(13,14)6-5-9-7-3-1-2-4-8(7)11-12-9/h1-4H,5-6H2,(H,11,12). The molecule has 0 aliphatic carbocycles. The number of nitrogens with zero attached hydrogens (tertiary/aromatic N) is 1. The van der Waals surface area contributed by atoms with Gasteiger partial charge >= 0.3 is 10.2 Å². The van der Waals surface area contributed by atoms with E-state index in [4.69, 9.17) is 0 Å². The van der Waals surface area contributed by atoms with Crippen molar-refractivity contribution in [2.45, 2.75) is 6.42 Å². The molecule has 0 atom stereocenters. The van der Waals surface area contributed by atoms with Crippen LogP contribution in [0.2, 0.25) is 0 Å². The molecule has 1 N–H and O–H groups in total. The van der Waals surface area contributed by atoms with E-state index in [0.29, 0.717) is 5.69 Å². The third-order valence-corrected chi connectivity index (χ3v) is 2.83. The number of benzene rings is 1. The minimum Gasteiger partial charge on any atom is -0.281 e. The van der Waals surface area contributed by atoms with E-state index in [2.05, 4.69) is 10.2 Å². The van der Waals surface area contributed by atoms with E-state index < -0.39 is 16.0 Å². The van der Waals surface area contributed by atoms with Gasteiger partial charge in [-0.05, 0) is 6.07 Å². The molecule has 1 aromatic heterocycles. The molecule has 0 aliphatic rings. The Hall–Kier alpha value is -1.43. The van der Waals surface area contributed by atoms with Crippen LogP contribution in [0.3, 0.4) is 0 Å². The normalized spacial score (nSPS) is 12.1. The van der Waals surface area contributed by atoms with Gasteiger partial charge in [-0.1, -0.05) is 18.2 Å². The van der Waals surface area contributed by atoms with Crippen molar-refractivity contribution in [3.63, 3.8) is 0 Å². The summed E-state index contributed by atoms with van der Waals surface area (Å²) in [5.41, 5.74) is 1.40. The van der Waals surface area contributed by atoms with Gasteiger partial charge in [0.15, 0.2) is 0 Å². The summed E-state index contributed by atoms with van der Waals surface area (Å²) in [6.07, 6.45) is 0.110. The SMILES string of the molecule is O=S(=O)(F)CCc1[nH]nc2ccccc12. The zero-order valence-corrected chi connectivity index (χ0v) is 8.59. The summed E-state index contributed by atoms with van der Waals surface area (Å²) in [4.78, 5) is 0. The average molecular weight is 228 g/mol. The van der Waals surface area contributed by atoms with Gasteiger partial charge in [-0.3, -0.25) is 5.10 Å². The van der Waals surface area contributed by atoms with Crippen LogP contribution in [0.1, 0.15) is 5.69 Å². The Morgan fingerprint density at radius 3 is 2.80 bits per heavy atom. The summed E-state index contributed by atoms with van der Waals surface area (Å²) in [6.45, 7) is 0.